The average Bonchev–Trinajstić information content (AvgIpc) is 3.14. The van der Waals surface area contributed by atoms with Gasteiger partial charge < -0.3 is 5.32 Å². The summed E-state index contributed by atoms with van der Waals surface area (Å²) in [6.45, 7) is 0. The second-order valence-electron chi connectivity index (χ2n) is 6.81. The maximum Gasteiger partial charge on any atom is 0.271 e. The van der Waals surface area contributed by atoms with Crippen molar-refractivity contribution in [3.05, 3.63) is 97.8 Å². The van der Waals surface area contributed by atoms with Crippen LogP contribution in [0.3, 0.4) is 0 Å². The molecule has 166 valence electrons. The van der Waals surface area contributed by atoms with E-state index in [1.165, 1.54) is 41.7 Å². The van der Waals surface area contributed by atoms with Gasteiger partial charge in [-0.1, -0.05) is 53.0 Å². The lowest BCUT2D eigenvalue weighted by Gasteiger charge is -2.09. The predicted molar refractivity (Wildman–Crippen MR) is 133 cm³/mol. The summed E-state index contributed by atoms with van der Waals surface area (Å²) in [7, 11) is 0. The molecule has 1 aromatic heterocycles. The van der Waals surface area contributed by atoms with Crippen LogP contribution in [0, 0.1) is 0 Å². The van der Waals surface area contributed by atoms with Gasteiger partial charge in [-0.25, -0.2) is 0 Å². The lowest BCUT2D eigenvalue weighted by atomic mass is 10.2. The number of thiophene rings is 1. The van der Waals surface area contributed by atoms with E-state index in [0.29, 0.717) is 20.6 Å². The number of amides is 3. The molecule has 10 heteroatoms. The Kier molecular flexibility index (Phi) is 6.85. The van der Waals surface area contributed by atoms with E-state index in [1.54, 1.807) is 12.1 Å². The molecule has 3 amide bonds. The Morgan fingerprint density at radius 2 is 1.45 bits per heavy atom. The van der Waals surface area contributed by atoms with Crippen molar-refractivity contribution >= 4 is 79.6 Å². The second-order valence-corrected chi connectivity index (χ2v) is 9.08. The number of nitrogens with one attached hydrogen (secondary N) is 3. The molecule has 0 aliphatic rings. The third-order valence-corrected chi connectivity index (χ3v) is 6.83. The number of fused-ring (bicyclic) bond motifs is 1. The Morgan fingerprint density at radius 3 is 2.15 bits per heavy atom. The maximum atomic E-state index is 12.7. The summed E-state index contributed by atoms with van der Waals surface area (Å²) in [5.41, 5.74) is 5.54. The number of hydrogen-bond donors (Lipinski definition) is 3. The zero-order valence-electron chi connectivity index (χ0n) is 16.6. The second kappa shape index (κ2) is 9.80. The quantitative estimate of drug-likeness (QED) is 0.282. The highest BCUT2D eigenvalue weighted by molar-refractivity contribution is 7.21. The highest BCUT2D eigenvalue weighted by Gasteiger charge is 2.17. The van der Waals surface area contributed by atoms with Gasteiger partial charge in [-0.2, -0.15) is 0 Å². The molecule has 4 aromatic rings. The van der Waals surface area contributed by atoms with Gasteiger partial charge >= 0.3 is 0 Å². The maximum absolute atomic E-state index is 12.7. The monoisotopic (exact) mass is 517 g/mol. The largest absolute Gasteiger partial charge is 0.321 e. The highest BCUT2D eigenvalue weighted by atomic mass is 35.5. The van der Waals surface area contributed by atoms with Crippen LogP contribution in [0.1, 0.15) is 30.4 Å². The topological polar surface area (TPSA) is 87.3 Å². The Bertz CT molecular complexity index is 1390. The van der Waals surface area contributed by atoms with E-state index < -0.39 is 11.8 Å². The van der Waals surface area contributed by atoms with Crippen LogP contribution in [0.5, 0.6) is 0 Å². The van der Waals surface area contributed by atoms with Crippen LogP contribution in [0.25, 0.3) is 10.1 Å². The summed E-state index contributed by atoms with van der Waals surface area (Å²) >= 11 is 19.5. The van der Waals surface area contributed by atoms with Crippen molar-refractivity contribution < 1.29 is 14.4 Å². The fourth-order valence-electron chi connectivity index (χ4n) is 2.98. The van der Waals surface area contributed by atoms with Crippen molar-refractivity contribution in [2.75, 3.05) is 5.32 Å². The van der Waals surface area contributed by atoms with Crippen molar-refractivity contribution in [2.24, 2.45) is 0 Å². The first-order chi connectivity index (χ1) is 15.8. The SMILES string of the molecule is O=C(NNC(=O)c1ccc(Cl)cc1Cl)c1ccc(NC(=O)c2sc3ccccc3c2Cl)cc1. The zero-order valence-corrected chi connectivity index (χ0v) is 19.7. The van der Waals surface area contributed by atoms with E-state index in [2.05, 4.69) is 16.2 Å². The number of hydrazine groups is 1. The molecule has 6 nitrogen and oxygen atoms in total. The van der Waals surface area contributed by atoms with Gasteiger partial charge in [-0.3, -0.25) is 25.2 Å². The molecular weight excluding hydrogens is 505 g/mol. The van der Waals surface area contributed by atoms with Crippen LogP contribution >= 0.6 is 46.1 Å². The fraction of sp³-hybridized carbons (Fsp3) is 0. The molecule has 3 N–H and O–H groups in total. The van der Waals surface area contributed by atoms with Gasteiger partial charge in [0.25, 0.3) is 17.7 Å². The van der Waals surface area contributed by atoms with Crippen LogP contribution in [0.4, 0.5) is 5.69 Å². The summed E-state index contributed by atoms with van der Waals surface area (Å²) in [5, 5.41) is 4.55. The van der Waals surface area contributed by atoms with Crippen LogP contribution in [-0.4, -0.2) is 17.7 Å². The first-order valence-electron chi connectivity index (χ1n) is 9.47. The smallest absolute Gasteiger partial charge is 0.271 e. The fourth-order valence-corrected chi connectivity index (χ4v) is 4.89. The molecule has 4 rings (SSSR count). The summed E-state index contributed by atoms with van der Waals surface area (Å²) in [6.07, 6.45) is 0. The average molecular weight is 519 g/mol. The first-order valence-corrected chi connectivity index (χ1v) is 11.4. The minimum Gasteiger partial charge on any atom is -0.321 e. The first kappa shape index (κ1) is 23.1. The molecule has 0 atom stereocenters. The van der Waals surface area contributed by atoms with Crippen LogP contribution in [0.2, 0.25) is 15.1 Å². The van der Waals surface area contributed by atoms with Gasteiger partial charge in [0, 0.05) is 26.4 Å². The van der Waals surface area contributed by atoms with Crippen LogP contribution in [-0.2, 0) is 0 Å². The van der Waals surface area contributed by atoms with Crippen molar-refractivity contribution in [1.29, 1.82) is 0 Å². The van der Waals surface area contributed by atoms with Gasteiger partial charge in [0.2, 0.25) is 0 Å². The molecule has 0 saturated heterocycles. The standard InChI is InChI=1S/C23H14Cl3N3O3S/c24-13-7-10-15(17(25)11-13)22(31)29-28-21(30)12-5-8-14(9-6-12)27-23(32)20-19(26)16-3-1-2-4-18(16)33-20/h1-11H,(H,27,32)(H,28,30)(H,29,31). The van der Waals surface area contributed by atoms with Crippen LogP contribution in [0.15, 0.2) is 66.7 Å². The molecule has 0 spiro atoms. The lowest BCUT2D eigenvalue weighted by molar-refractivity contribution is 0.0847. The van der Waals surface area contributed by atoms with E-state index in [1.807, 2.05) is 24.3 Å². The molecule has 3 aromatic carbocycles. The minimum atomic E-state index is -0.589. The van der Waals surface area contributed by atoms with Gasteiger partial charge in [-0.15, -0.1) is 11.3 Å². The van der Waals surface area contributed by atoms with Gasteiger partial charge in [0.1, 0.15) is 4.88 Å². The molecular formula is C23H14Cl3N3O3S. The number of halogens is 3. The number of hydrogen-bond acceptors (Lipinski definition) is 4. The highest BCUT2D eigenvalue weighted by Crippen LogP contribution is 2.35. The molecule has 0 bridgehead atoms. The van der Waals surface area contributed by atoms with E-state index in [9.17, 15) is 14.4 Å². The third kappa shape index (κ3) is 5.12. The van der Waals surface area contributed by atoms with E-state index in [-0.39, 0.29) is 22.1 Å². The summed E-state index contributed by atoms with van der Waals surface area (Å²) < 4.78 is 0.918. The van der Waals surface area contributed by atoms with Crippen molar-refractivity contribution in [2.45, 2.75) is 0 Å². The molecule has 0 saturated carbocycles. The van der Waals surface area contributed by atoms with E-state index in [0.717, 1.165) is 10.1 Å². The Balaban J connectivity index is 1.38. The van der Waals surface area contributed by atoms with Crippen molar-refractivity contribution in [3.63, 3.8) is 0 Å². The predicted octanol–water partition coefficient (Wildman–Crippen LogP) is 6.19. The summed E-state index contributed by atoms with van der Waals surface area (Å²) in [6, 6.07) is 18.1. The molecule has 0 fully saturated rings. The van der Waals surface area contributed by atoms with Crippen molar-refractivity contribution in [1.82, 2.24) is 10.9 Å². The Morgan fingerprint density at radius 1 is 0.758 bits per heavy atom. The summed E-state index contributed by atoms with van der Waals surface area (Å²) in [4.78, 5) is 37.6. The molecule has 0 unspecified atom stereocenters. The molecule has 0 radical (unpaired) electrons. The lowest BCUT2D eigenvalue weighted by Crippen LogP contribution is -2.41. The molecule has 1 heterocycles. The third-order valence-electron chi connectivity index (χ3n) is 4.61. The molecule has 33 heavy (non-hydrogen) atoms. The molecule has 0 aliphatic carbocycles. The van der Waals surface area contributed by atoms with E-state index in [4.69, 9.17) is 34.8 Å². The van der Waals surface area contributed by atoms with Crippen LogP contribution < -0.4 is 16.2 Å². The number of carbonyl (C=O) groups excluding carboxylic acids is 3. The van der Waals surface area contributed by atoms with Gasteiger partial charge in [0.15, 0.2) is 0 Å². The normalized spacial score (nSPS) is 10.6. The number of rotatable bonds is 4. The zero-order chi connectivity index (χ0) is 23.5. The summed E-state index contributed by atoms with van der Waals surface area (Å²) in [5.74, 6) is -1.47. The number of anilines is 1. The Hall–Kier alpha value is -3.10. The minimum absolute atomic E-state index is 0.160. The molecule has 0 aliphatic heterocycles. The Labute approximate surface area is 207 Å². The number of benzene rings is 3. The number of carbonyl (C=O) groups is 3. The van der Waals surface area contributed by atoms with Gasteiger partial charge in [0.05, 0.1) is 15.6 Å². The van der Waals surface area contributed by atoms with E-state index >= 15 is 0 Å². The van der Waals surface area contributed by atoms with Crippen molar-refractivity contribution in [3.8, 4) is 0 Å². The van der Waals surface area contributed by atoms with Gasteiger partial charge in [-0.05, 0) is 48.5 Å².